The van der Waals surface area contributed by atoms with Gasteiger partial charge in [0, 0.05) is 12.1 Å². The van der Waals surface area contributed by atoms with E-state index in [0.29, 0.717) is 24.7 Å². The molecule has 2 rings (SSSR count). The molecule has 19 heavy (non-hydrogen) atoms. The van der Waals surface area contributed by atoms with Gasteiger partial charge in [-0.15, -0.1) is 0 Å². The van der Waals surface area contributed by atoms with Crippen LogP contribution in [0.3, 0.4) is 0 Å². The van der Waals surface area contributed by atoms with Crippen molar-refractivity contribution in [1.82, 2.24) is 9.97 Å². The van der Waals surface area contributed by atoms with E-state index in [2.05, 4.69) is 15.3 Å². The molecule has 0 aromatic carbocycles. The van der Waals surface area contributed by atoms with Crippen LogP contribution in [0.15, 0.2) is 12.4 Å². The highest BCUT2D eigenvalue weighted by Gasteiger charge is 2.29. The van der Waals surface area contributed by atoms with E-state index in [1.807, 2.05) is 6.92 Å². The zero-order chi connectivity index (χ0) is 13.7. The van der Waals surface area contributed by atoms with E-state index < -0.39 is 5.97 Å². The van der Waals surface area contributed by atoms with Crippen molar-refractivity contribution in [1.29, 1.82) is 0 Å². The predicted octanol–water partition coefficient (Wildman–Crippen LogP) is 1.93. The van der Waals surface area contributed by atoms with Gasteiger partial charge in [-0.25, -0.2) is 9.97 Å². The first-order valence-electron chi connectivity index (χ1n) is 6.63. The molecule has 2 unspecified atom stereocenters. The lowest BCUT2D eigenvalue weighted by Crippen LogP contribution is -2.18. The van der Waals surface area contributed by atoms with Gasteiger partial charge in [0.2, 0.25) is 5.88 Å². The zero-order valence-corrected chi connectivity index (χ0v) is 11.0. The summed E-state index contributed by atoms with van der Waals surface area (Å²) in [7, 11) is 0. The Bertz CT molecular complexity index is 439. The van der Waals surface area contributed by atoms with Crippen LogP contribution in [0.2, 0.25) is 0 Å². The van der Waals surface area contributed by atoms with E-state index in [4.69, 9.17) is 9.84 Å². The van der Waals surface area contributed by atoms with E-state index in [0.717, 1.165) is 19.3 Å². The lowest BCUT2D eigenvalue weighted by atomic mass is 10.1. The number of carboxylic acids is 1. The van der Waals surface area contributed by atoms with Gasteiger partial charge in [-0.3, -0.25) is 4.79 Å². The molecule has 1 aromatic rings. The quantitative estimate of drug-likeness (QED) is 0.817. The second-order valence-corrected chi connectivity index (χ2v) is 4.78. The number of ether oxygens (including phenoxy) is 1. The summed E-state index contributed by atoms with van der Waals surface area (Å²) in [5.41, 5.74) is 0. The number of nitrogens with zero attached hydrogens (tertiary/aromatic N) is 2. The smallest absolute Gasteiger partial charge is 0.306 e. The van der Waals surface area contributed by atoms with Gasteiger partial charge in [-0.2, -0.15) is 0 Å². The second kappa shape index (κ2) is 6.36. The fourth-order valence-electron chi connectivity index (χ4n) is 2.25. The molecule has 1 aromatic heterocycles. The Morgan fingerprint density at radius 3 is 3.05 bits per heavy atom. The fraction of sp³-hybridized carbons (Fsp3) is 0.615. The van der Waals surface area contributed by atoms with Crippen molar-refractivity contribution in [3.05, 3.63) is 12.4 Å². The predicted molar refractivity (Wildman–Crippen MR) is 70.2 cm³/mol. The first-order chi connectivity index (χ1) is 9.19. The number of rotatable bonds is 6. The summed E-state index contributed by atoms with van der Waals surface area (Å²) in [5, 5.41) is 12.2. The van der Waals surface area contributed by atoms with Crippen LogP contribution in [0.5, 0.6) is 5.88 Å². The normalized spacial score (nSPS) is 22.2. The molecule has 2 N–H and O–H groups in total. The molecule has 0 amide bonds. The first-order valence-corrected chi connectivity index (χ1v) is 6.63. The first kappa shape index (κ1) is 13.6. The Kier molecular flexibility index (Phi) is 4.54. The van der Waals surface area contributed by atoms with Crippen molar-refractivity contribution >= 4 is 11.8 Å². The summed E-state index contributed by atoms with van der Waals surface area (Å²) < 4.78 is 5.43. The van der Waals surface area contributed by atoms with Crippen LogP contribution in [-0.4, -0.2) is 33.7 Å². The Hall–Kier alpha value is -1.85. The number of nitrogens with one attached hydrogen (secondary N) is 1. The molecule has 2 atom stereocenters. The Morgan fingerprint density at radius 2 is 2.37 bits per heavy atom. The number of hydrogen-bond acceptors (Lipinski definition) is 5. The lowest BCUT2D eigenvalue weighted by molar-refractivity contribution is -0.141. The standard InChI is InChI=1S/C13H19N3O3/c1-2-5-19-12-7-11(14-8-15-12)16-10-4-3-9(6-10)13(17)18/h7-10H,2-6H2,1H3,(H,17,18)(H,14,15,16). The number of hydrogen-bond donors (Lipinski definition) is 2. The number of carbonyl (C=O) groups is 1. The Morgan fingerprint density at radius 1 is 1.53 bits per heavy atom. The van der Waals surface area contributed by atoms with E-state index in [9.17, 15) is 4.79 Å². The average Bonchev–Trinajstić information content (AvgIpc) is 2.85. The molecule has 1 aliphatic carbocycles. The third-order valence-electron chi connectivity index (χ3n) is 3.23. The highest BCUT2D eigenvalue weighted by Crippen LogP contribution is 2.28. The molecule has 1 saturated carbocycles. The molecule has 6 nitrogen and oxygen atoms in total. The number of aliphatic carboxylic acids is 1. The summed E-state index contributed by atoms with van der Waals surface area (Å²) in [6, 6.07) is 1.92. The van der Waals surface area contributed by atoms with Gasteiger partial charge < -0.3 is 15.2 Å². The average molecular weight is 265 g/mol. The molecule has 0 radical (unpaired) electrons. The third-order valence-corrected chi connectivity index (χ3v) is 3.23. The molecule has 0 aliphatic heterocycles. The molecule has 0 saturated heterocycles. The summed E-state index contributed by atoms with van der Waals surface area (Å²) in [6.45, 7) is 2.66. The summed E-state index contributed by atoms with van der Waals surface area (Å²) >= 11 is 0. The van der Waals surface area contributed by atoms with Crippen LogP contribution in [0.25, 0.3) is 0 Å². The van der Waals surface area contributed by atoms with Gasteiger partial charge in [-0.1, -0.05) is 6.92 Å². The summed E-state index contributed by atoms with van der Waals surface area (Å²) in [5.74, 6) is 0.290. The van der Waals surface area contributed by atoms with Gasteiger partial charge >= 0.3 is 5.97 Å². The maximum absolute atomic E-state index is 10.9. The van der Waals surface area contributed by atoms with Crippen molar-refractivity contribution in [3.63, 3.8) is 0 Å². The van der Waals surface area contributed by atoms with Crippen molar-refractivity contribution in [2.24, 2.45) is 5.92 Å². The molecule has 0 bridgehead atoms. The molecule has 1 fully saturated rings. The monoisotopic (exact) mass is 265 g/mol. The topological polar surface area (TPSA) is 84.3 Å². The van der Waals surface area contributed by atoms with Gasteiger partial charge in [0.05, 0.1) is 12.5 Å². The maximum Gasteiger partial charge on any atom is 0.306 e. The fourth-order valence-corrected chi connectivity index (χ4v) is 2.25. The lowest BCUT2D eigenvalue weighted by Gasteiger charge is -2.13. The zero-order valence-electron chi connectivity index (χ0n) is 11.0. The summed E-state index contributed by atoms with van der Waals surface area (Å²) in [4.78, 5) is 19.1. The van der Waals surface area contributed by atoms with Crippen molar-refractivity contribution in [3.8, 4) is 5.88 Å². The molecule has 0 spiro atoms. The molecular formula is C13H19N3O3. The Labute approximate surface area is 112 Å². The van der Waals surface area contributed by atoms with Crippen LogP contribution >= 0.6 is 0 Å². The van der Waals surface area contributed by atoms with Crippen LogP contribution < -0.4 is 10.1 Å². The van der Waals surface area contributed by atoms with Gasteiger partial charge in [0.15, 0.2) is 0 Å². The second-order valence-electron chi connectivity index (χ2n) is 4.78. The molecule has 6 heteroatoms. The number of aromatic nitrogens is 2. The minimum atomic E-state index is -0.709. The molecular weight excluding hydrogens is 246 g/mol. The van der Waals surface area contributed by atoms with E-state index in [-0.39, 0.29) is 12.0 Å². The maximum atomic E-state index is 10.9. The minimum absolute atomic E-state index is 0.162. The molecule has 104 valence electrons. The molecule has 1 heterocycles. The van der Waals surface area contributed by atoms with Crippen LogP contribution in [-0.2, 0) is 4.79 Å². The molecule has 1 aliphatic rings. The summed E-state index contributed by atoms with van der Waals surface area (Å²) in [6.07, 6.45) is 4.60. The van der Waals surface area contributed by atoms with Crippen LogP contribution in [0.4, 0.5) is 5.82 Å². The van der Waals surface area contributed by atoms with Crippen LogP contribution in [0, 0.1) is 5.92 Å². The van der Waals surface area contributed by atoms with Gasteiger partial charge in [0.25, 0.3) is 0 Å². The Balaban J connectivity index is 1.90. The van der Waals surface area contributed by atoms with E-state index in [1.54, 1.807) is 6.07 Å². The largest absolute Gasteiger partial charge is 0.481 e. The van der Waals surface area contributed by atoms with Crippen LogP contribution in [0.1, 0.15) is 32.6 Å². The van der Waals surface area contributed by atoms with E-state index in [1.165, 1.54) is 6.33 Å². The van der Waals surface area contributed by atoms with Crippen molar-refractivity contribution < 1.29 is 14.6 Å². The minimum Gasteiger partial charge on any atom is -0.481 e. The highest BCUT2D eigenvalue weighted by molar-refractivity contribution is 5.70. The van der Waals surface area contributed by atoms with E-state index >= 15 is 0 Å². The van der Waals surface area contributed by atoms with Gasteiger partial charge in [-0.05, 0) is 25.7 Å². The number of anilines is 1. The third kappa shape index (κ3) is 3.81. The number of carboxylic acid groups (broad SMARTS) is 1. The highest BCUT2D eigenvalue weighted by atomic mass is 16.5. The van der Waals surface area contributed by atoms with Crippen molar-refractivity contribution in [2.45, 2.75) is 38.6 Å². The SMILES string of the molecule is CCCOc1cc(NC2CCC(C(=O)O)C2)ncn1. The van der Waals surface area contributed by atoms with Crippen molar-refractivity contribution in [2.75, 3.05) is 11.9 Å². The van der Waals surface area contributed by atoms with Gasteiger partial charge in [0.1, 0.15) is 12.1 Å².